The summed E-state index contributed by atoms with van der Waals surface area (Å²) in [4.78, 5) is 42.1. The smallest absolute Gasteiger partial charge is 0.337 e. The summed E-state index contributed by atoms with van der Waals surface area (Å²) in [5, 5.41) is 3.43. The van der Waals surface area contributed by atoms with E-state index in [4.69, 9.17) is 4.74 Å². The van der Waals surface area contributed by atoms with Crippen LogP contribution in [0.15, 0.2) is 58.1 Å². The highest BCUT2D eigenvalue weighted by molar-refractivity contribution is 7.18. The number of anilines is 1. The lowest BCUT2D eigenvalue weighted by molar-refractivity contribution is -0.116. The molecule has 2 aromatic heterocycles. The molecule has 0 spiro atoms. The largest absolute Gasteiger partial charge is 0.494 e. The number of carbonyl (C=O) groups is 1. The maximum Gasteiger partial charge on any atom is 0.337 e. The monoisotopic (exact) mass is 489 g/mol. The summed E-state index contributed by atoms with van der Waals surface area (Å²) >= 11 is 1.47. The number of benzene rings is 2. The normalized spacial score (nSPS) is 13.0. The Kier molecular flexibility index (Phi) is 6.30. The van der Waals surface area contributed by atoms with Gasteiger partial charge in [-0.15, -0.1) is 11.3 Å². The van der Waals surface area contributed by atoms with E-state index >= 15 is 0 Å². The predicted octanol–water partition coefficient (Wildman–Crippen LogP) is 4.44. The van der Waals surface area contributed by atoms with E-state index in [1.54, 1.807) is 24.3 Å². The minimum Gasteiger partial charge on any atom is -0.494 e. The van der Waals surface area contributed by atoms with Crippen LogP contribution in [0.4, 0.5) is 5.69 Å². The van der Waals surface area contributed by atoms with Crippen molar-refractivity contribution in [3.63, 3.8) is 0 Å². The molecule has 35 heavy (non-hydrogen) atoms. The lowest BCUT2D eigenvalue weighted by Gasteiger charge is -2.14. The summed E-state index contributed by atoms with van der Waals surface area (Å²) in [6.07, 6.45) is 3.77. The first-order valence-corrected chi connectivity index (χ1v) is 12.7. The van der Waals surface area contributed by atoms with Crippen molar-refractivity contribution in [2.45, 2.75) is 46.1 Å². The zero-order valence-electron chi connectivity index (χ0n) is 19.8. The molecular weight excluding hydrogens is 462 g/mol. The molecule has 0 atom stereocenters. The van der Waals surface area contributed by atoms with E-state index in [-0.39, 0.29) is 18.0 Å². The quantitative estimate of drug-likeness (QED) is 0.434. The van der Waals surface area contributed by atoms with Gasteiger partial charge in [0.1, 0.15) is 17.1 Å². The number of thiophene rings is 1. The summed E-state index contributed by atoms with van der Waals surface area (Å²) in [5.74, 6) is 0.344. The van der Waals surface area contributed by atoms with E-state index in [2.05, 4.69) is 5.32 Å². The van der Waals surface area contributed by atoms with E-state index in [0.717, 1.165) is 41.7 Å². The fourth-order valence-corrected chi connectivity index (χ4v) is 5.95. The zero-order valence-corrected chi connectivity index (χ0v) is 20.6. The van der Waals surface area contributed by atoms with Gasteiger partial charge in [-0.2, -0.15) is 0 Å². The van der Waals surface area contributed by atoms with E-state index in [0.29, 0.717) is 33.9 Å². The third-order valence-corrected chi connectivity index (χ3v) is 7.59. The van der Waals surface area contributed by atoms with Crippen LogP contribution in [-0.2, 0) is 24.2 Å². The topological polar surface area (TPSA) is 82.3 Å². The zero-order chi connectivity index (χ0) is 24.5. The number of aryl methyl sites for hydroxylation is 3. The van der Waals surface area contributed by atoms with Crippen LogP contribution in [0.3, 0.4) is 0 Å². The Morgan fingerprint density at radius 3 is 2.46 bits per heavy atom. The maximum absolute atomic E-state index is 13.7. The fourth-order valence-electron chi connectivity index (χ4n) is 4.57. The Hall–Kier alpha value is -3.65. The summed E-state index contributed by atoms with van der Waals surface area (Å²) in [7, 11) is 0. The number of carbonyl (C=O) groups excluding carboxylic acids is 1. The number of nitrogens with one attached hydrogen (secondary N) is 1. The molecule has 1 amide bonds. The van der Waals surface area contributed by atoms with Crippen LogP contribution in [0.5, 0.6) is 5.75 Å². The van der Waals surface area contributed by atoms with Gasteiger partial charge in [0.05, 0.1) is 17.7 Å². The van der Waals surface area contributed by atoms with E-state index in [1.807, 2.05) is 38.1 Å². The maximum atomic E-state index is 13.7. The third kappa shape index (κ3) is 4.41. The number of rotatable bonds is 6. The first-order chi connectivity index (χ1) is 17.0. The van der Waals surface area contributed by atoms with Gasteiger partial charge in [-0.25, -0.2) is 9.36 Å². The van der Waals surface area contributed by atoms with Crippen molar-refractivity contribution in [3.05, 3.63) is 85.4 Å². The van der Waals surface area contributed by atoms with Crippen molar-refractivity contribution >= 4 is 33.1 Å². The predicted molar refractivity (Wildman–Crippen MR) is 139 cm³/mol. The van der Waals surface area contributed by atoms with E-state index in [1.165, 1.54) is 20.5 Å². The molecule has 1 aliphatic carbocycles. The molecule has 7 nitrogen and oxygen atoms in total. The van der Waals surface area contributed by atoms with E-state index in [9.17, 15) is 14.4 Å². The number of ether oxygens (including phenoxy) is 1. The average molecular weight is 490 g/mol. The van der Waals surface area contributed by atoms with Gasteiger partial charge in [0.15, 0.2) is 0 Å². The molecule has 0 radical (unpaired) electrons. The number of amides is 1. The number of nitrogens with zero attached hydrogens (tertiary/aromatic N) is 2. The van der Waals surface area contributed by atoms with Crippen LogP contribution in [0.25, 0.3) is 15.9 Å². The minimum atomic E-state index is -0.524. The highest BCUT2D eigenvalue weighted by Crippen LogP contribution is 2.34. The molecule has 5 rings (SSSR count). The van der Waals surface area contributed by atoms with Gasteiger partial charge in [0, 0.05) is 10.6 Å². The summed E-state index contributed by atoms with van der Waals surface area (Å²) in [6, 6.07) is 14.4. The van der Waals surface area contributed by atoms with Gasteiger partial charge in [-0.05, 0) is 81.5 Å². The molecule has 2 aromatic carbocycles. The molecule has 180 valence electrons. The van der Waals surface area contributed by atoms with Crippen molar-refractivity contribution in [3.8, 4) is 11.4 Å². The third-order valence-electron chi connectivity index (χ3n) is 6.28. The van der Waals surface area contributed by atoms with Gasteiger partial charge >= 0.3 is 5.69 Å². The lowest BCUT2D eigenvalue weighted by atomic mass is 9.97. The van der Waals surface area contributed by atoms with Gasteiger partial charge in [0.25, 0.3) is 5.56 Å². The van der Waals surface area contributed by atoms with Gasteiger partial charge in [-0.1, -0.05) is 17.7 Å². The van der Waals surface area contributed by atoms with Crippen molar-refractivity contribution in [2.24, 2.45) is 0 Å². The van der Waals surface area contributed by atoms with Crippen LogP contribution >= 0.6 is 11.3 Å². The van der Waals surface area contributed by atoms with Crippen molar-refractivity contribution in [1.82, 2.24) is 9.13 Å². The highest BCUT2D eigenvalue weighted by atomic mass is 32.1. The molecule has 1 N–H and O–H groups in total. The number of hydrogen-bond acceptors (Lipinski definition) is 5. The molecule has 1 aliphatic rings. The van der Waals surface area contributed by atoms with Crippen LogP contribution in [0, 0.1) is 6.92 Å². The van der Waals surface area contributed by atoms with Crippen LogP contribution in [0.2, 0.25) is 0 Å². The Labute approximate surface area is 206 Å². The number of aromatic nitrogens is 2. The van der Waals surface area contributed by atoms with Crippen molar-refractivity contribution in [2.75, 3.05) is 11.9 Å². The van der Waals surface area contributed by atoms with Crippen LogP contribution in [-0.4, -0.2) is 21.6 Å². The van der Waals surface area contributed by atoms with Gasteiger partial charge < -0.3 is 10.1 Å². The molecule has 0 bridgehead atoms. The summed E-state index contributed by atoms with van der Waals surface area (Å²) in [6.45, 7) is 4.21. The molecule has 0 saturated carbocycles. The lowest BCUT2D eigenvalue weighted by Crippen LogP contribution is -2.40. The second kappa shape index (κ2) is 9.54. The molecule has 8 heteroatoms. The number of hydrogen-bond donors (Lipinski definition) is 1. The van der Waals surface area contributed by atoms with Gasteiger partial charge in [-0.3, -0.25) is 14.2 Å². The molecule has 4 aromatic rings. The molecule has 0 unspecified atom stereocenters. The second-order valence-electron chi connectivity index (χ2n) is 8.74. The summed E-state index contributed by atoms with van der Waals surface area (Å²) < 4.78 is 8.13. The number of fused-ring (bicyclic) bond motifs is 3. The highest BCUT2D eigenvalue weighted by Gasteiger charge is 2.25. The van der Waals surface area contributed by atoms with Crippen molar-refractivity contribution in [1.29, 1.82) is 0 Å². The minimum absolute atomic E-state index is 0.181. The standard InChI is InChI=1S/C27H27N3O4S/c1-3-34-20-14-12-19(13-15-20)30-25(32)24-21-6-4-5-7-22(21)35-26(24)29(27(30)33)16-23(31)28-18-10-8-17(2)9-11-18/h8-15H,3-7,16H2,1-2H3,(H,28,31). The Morgan fingerprint density at radius 1 is 1.03 bits per heavy atom. The average Bonchev–Trinajstić information content (AvgIpc) is 3.24. The SMILES string of the molecule is CCOc1ccc(-n2c(=O)c3c4c(sc3n(CC(=O)Nc3ccc(C)cc3)c2=O)CCCC4)cc1. The van der Waals surface area contributed by atoms with E-state index < -0.39 is 5.69 Å². The second-order valence-corrected chi connectivity index (χ2v) is 9.83. The molecular formula is C27H27N3O4S. The molecule has 0 saturated heterocycles. The molecule has 0 aliphatic heterocycles. The Morgan fingerprint density at radius 2 is 1.74 bits per heavy atom. The van der Waals surface area contributed by atoms with Crippen molar-refractivity contribution < 1.29 is 9.53 Å². The summed E-state index contributed by atoms with van der Waals surface area (Å²) in [5.41, 5.74) is 2.37. The Bertz CT molecular complexity index is 1510. The first kappa shape index (κ1) is 23.1. The Balaban J connectivity index is 1.63. The van der Waals surface area contributed by atoms with Crippen LogP contribution in [0.1, 0.15) is 35.8 Å². The first-order valence-electron chi connectivity index (χ1n) is 11.9. The van der Waals surface area contributed by atoms with Gasteiger partial charge in [0.2, 0.25) is 5.91 Å². The molecule has 2 heterocycles. The molecule has 0 fully saturated rings. The van der Waals surface area contributed by atoms with Crippen LogP contribution < -0.4 is 21.3 Å². The fraction of sp³-hybridized carbons (Fsp3) is 0.296.